The van der Waals surface area contributed by atoms with Crippen molar-refractivity contribution < 1.29 is 13.9 Å². The van der Waals surface area contributed by atoms with Crippen LogP contribution in [0, 0.1) is 0 Å². The zero-order valence-electron chi connectivity index (χ0n) is 11.0. The molecule has 0 aromatic carbocycles. The minimum absolute atomic E-state index is 0.109. The molecule has 110 valence electrons. The second-order valence-corrected chi connectivity index (χ2v) is 5.00. The van der Waals surface area contributed by atoms with Crippen molar-refractivity contribution in [3.63, 3.8) is 0 Å². The fourth-order valence-electron chi connectivity index (χ4n) is 1.89. The fourth-order valence-corrected chi connectivity index (χ4v) is 2.65. The maximum atomic E-state index is 12.7. The van der Waals surface area contributed by atoms with Crippen molar-refractivity contribution in [2.24, 2.45) is 0 Å². The number of halogens is 2. The second-order valence-electron chi connectivity index (χ2n) is 4.10. The Morgan fingerprint density at radius 3 is 2.90 bits per heavy atom. The van der Waals surface area contributed by atoms with Gasteiger partial charge >= 0.3 is 0 Å². The summed E-state index contributed by atoms with van der Waals surface area (Å²) in [4.78, 5) is 10.8. The number of fused-ring (bicyclic) bond motifs is 1. The molecule has 0 aliphatic heterocycles. The van der Waals surface area contributed by atoms with E-state index in [9.17, 15) is 8.78 Å². The van der Waals surface area contributed by atoms with Crippen molar-refractivity contribution in [3.8, 4) is 0 Å². The van der Waals surface area contributed by atoms with E-state index in [1.54, 1.807) is 6.07 Å². The molecular formula is C12H16F2N4OS. The molecule has 0 fully saturated rings. The summed E-state index contributed by atoms with van der Waals surface area (Å²) in [5, 5.41) is 14.6. The van der Waals surface area contributed by atoms with Gasteiger partial charge in [-0.15, -0.1) is 11.3 Å². The van der Waals surface area contributed by atoms with Crippen LogP contribution in [-0.4, -0.2) is 47.7 Å². The zero-order chi connectivity index (χ0) is 14.5. The minimum atomic E-state index is -2.49. The average molecular weight is 302 g/mol. The van der Waals surface area contributed by atoms with Crippen LogP contribution < -0.4 is 10.2 Å². The fraction of sp³-hybridized carbons (Fsp3) is 0.500. The highest BCUT2D eigenvalue weighted by atomic mass is 32.1. The summed E-state index contributed by atoms with van der Waals surface area (Å²) in [5.41, 5.74) is 0. The Morgan fingerprint density at radius 1 is 1.45 bits per heavy atom. The molecule has 0 atom stereocenters. The summed E-state index contributed by atoms with van der Waals surface area (Å²) in [6, 6.07) is 1.81. The zero-order valence-corrected chi connectivity index (χ0v) is 11.8. The number of nitrogens with one attached hydrogen (secondary N) is 1. The Hall–Kier alpha value is -1.54. The Labute approximate surface area is 119 Å². The largest absolute Gasteiger partial charge is 0.395 e. The molecular weight excluding hydrogens is 286 g/mol. The van der Waals surface area contributed by atoms with Crippen molar-refractivity contribution in [1.82, 2.24) is 9.97 Å². The number of hydrogen-bond donors (Lipinski definition) is 2. The molecule has 2 aromatic heterocycles. The third kappa shape index (κ3) is 3.31. The molecule has 5 nitrogen and oxygen atoms in total. The van der Waals surface area contributed by atoms with Crippen molar-refractivity contribution >= 4 is 33.3 Å². The lowest BCUT2D eigenvalue weighted by Crippen LogP contribution is -2.32. The SMILES string of the molecule is CCNc1nc(N(CCO)CC(F)F)c2ccsc2n1. The lowest BCUT2D eigenvalue weighted by atomic mass is 10.3. The molecule has 0 amide bonds. The summed E-state index contributed by atoms with van der Waals surface area (Å²) in [6.45, 7) is 1.99. The molecule has 2 N–H and O–H groups in total. The van der Waals surface area contributed by atoms with Gasteiger partial charge in [-0.2, -0.15) is 4.98 Å². The summed E-state index contributed by atoms with van der Waals surface area (Å²) in [5.74, 6) is 0.844. The maximum Gasteiger partial charge on any atom is 0.255 e. The molecule has 0 unspecified atom stereocenters. The molecule has 0 radical (unpaired) electrons. The third-order valence-electron chi connectivity index (χ3n) is 2.67. The molecule has 0 aliphatic carbocycles. The van der Waals surface area contributed by atoms with Gasteiger partial charge in [0.25, 0.3) is 6.43 Å². The van der Waals surface area contributed by atoms with E-state index in [1.165, 1.54) is 16.2 Å². The molecule has 20 heavy (non-hydrogen) atoms. The first kappa shape index (κ1) is 14.9. The number of nitrogens with zero attached hydrogens (tertiary/aromatic N) is 3. The van der Waals surface area contributed by atoms with Crippen molar-refractivity contribution in [2.75, 3.05) is 36.5 Å². The van der Waals surface area contributed by atoms with Crippen LogP contribution in [0.2, 0.25) is 0 Å². The first-order valence-corrected chi connectivity index (χ1v) is 7.16. The predicted molar refractivity (Wildman–Crippen MR) is 76.9 cm³/mol. The predicted octanol–water partition coefficient (Wildman–Crippen LogP) is 2.19. The van der Waals surface area contributed by atoms with Crippen molar-refractivity contribution in [2.45, 2.75) is 13.3 Å². The van der Waals surface area contributed by atoms with Gasteiger partial charge in [-0.05, 0) is 18.4 Å². The molecule has 0 saturated heterocycles. The lowest BCUT2D eigenvalue weighted by Gasteiger charge is -2.23. The van der Waals surface area contributed by atoms with E-state index in [1.807, 2.05) is 12.3 Å². The monoisotopic (exact) mass is 302 g/mol. The molecule has 0 bridgehead atoms. The van der Waals surface area contributed by atoms with Crippen LogP contribution >= 0.6 is 11.3 Å². The van der Waals surface area contributed by atoms with Crippen LogP contribution in [-0.2, 0) is 0 Å². The number of anilines is 2. The molecule has 2 aromatic rings. The van der Waals surface area contributed by atoms with Gasteiger partial charge in [0.05, 0.1) is 18.5 Å². The van der Waals surface area contributed by atoms with Crippen LogP contribution in [0.3, 0.4) is 0 Å². The van der Waals surface area contributed by atoms with Gasteiger partial charge in [-0.25, -0.2) is 13.8 Å². The first-order chi connectivity index (χ1) is 9.65. The molecule has 0 saturated carbocycles. The third-order valence-corrected chi connectivity index (χ3v) is 3.47. The number of thiophene rings is 1. The Kier molecular flexibility index (Phi) is 5.02. The van der Waals surface area contributed by atoms with Crippen LogP contribution in [0.15, 0.2) is 11.4 Å². The van der Waals surface area contributed by atoms with Gasteiger partial charge in [-0.1, -0.05) is 0 Å². The van der Waals surface area contributed by atoms with Crippen LogP contribution in [0.4, 0.5) is 20.5 Å². The molecule has 8 heteroatoms. The van der Waals surface area contributed by atoms with Gasteiger partial charge in [-0.3, -0.25) is 0 Å². The number of aromatic nitrogens is 2. The molecule has 0 spiro atoms. The summed E-state index contributed by atoms with van der Waals surface area (Å²) in [7, 11) is 0. The summed E-state index contributed by atoms with van der Waals surface area (Å²) in [6.07, 6.45) is -2.49. The topological polar surface area (TPSA) is 61.3 Å². The van der Waals surface area contributed by atoms with Gasteiger partial charge in [0.1, 0.15) is 10.6 Å². The highest BCUT2D eigenvalue weighted by Gasteiger charge is 2.18. The summed E-state index contributed by atoms with van der Waals surface area (Å²) < 4.78 is 25.4. The molecule has 2 rings (SSSR count). The van der Waals surface area contributed by atoms with Crippen LogP contribution in [0.5, 0.6) is 0 Å². The standard InChI is InChI=1S/C12H16F2N4OS/c1-2-15-12-16-10(8-3-6-20-11(8)17-12)18(4-5-19)7-9(13)14/h3,6,9,19H,2,4-5,7H2,1H3,(H,15,16,17). The van der Waals surface area contributed by atoms with Crippen molar-refractivity contribution in [1.29, 1.82) is 0 Å². The van der Waals surface area contributed by atoms with E-state index in [0.29, 0.717) is 18.3 Å². The smallest absolute Gasteiger partial charge is 0.255 e. The van der Waals surface area contributed by atoms with E-state index in [4.69, 9.17) is 5.11 Å². The van der Waals surface area contributed by atoms with Crippen LogP contribution in [0.25, 0.3) is 10.2 Å². The van der Waals surface area contributed by atoms with E-state index >= 15 is 0 Å². The first-order valence-electron chi connectivity index (χ1n) is 6.28. The van der Waals surface area contributed by atoms with Gasteiger partial charge in [0.2, 0.25) is 5.95 Å². The van der Waals surface area contributed by atoms with Gasteiger partial charge in [0.15, 0.2) is 0 Å². The Bertz CT molecular complexity index is 563. The van der Waals surface area contributed by atoms with E-state index < -0.39 is 13.0 Å². The van der Waals surface area contributed by atoms with E-state index in [-0.39, 0.29) is 13.2 Å². The Morgan fingerprint density at radius 2 is 2.25 bits per heavy atom. The second kappa shape index (κ2) is 6.76. The number of rotatable bonds is 7. The number of aliphatic hydroxyl groups is 1. The summed E-state index contributed by atoms with van der Waals surface area (Å²) >= 11 is 1.43. The van der Waals surface area contributed by atoms with Gasteiger partial charge < -0.3 is 15.3 Å². The quantitative estimate of drug-likeness (QED) is 0.821. The number of aliphatic hydroxyl groups excluding tert-OH is 1. The number of hydrogen-bond acceptors (Lipinski definition) is 6. The minimum Gasteiger partial charge on any atom is -0.395 e. The lowest BCUT2D eigenvalue weighted by molar-refractivity contribution is 0.152. The highest BCUT2D eigenvalue weighted by molar-refractivity contribution is 7.16. The maximum absolute atomic E-state index is 12.7. The molecule has 2 heterocycles. The van der Waals surface area contributed by atoms with E-state index in [0.717, 1.165) is 10.2 Å². The average Bonchev–Trinajstić information content (AvgIpc) is 2.85. The Balaban J connectivity index is 2.44. The van der Waals surface area contributed by atoms with Crippen LogP contribution in [0.1, 0.15) is 6.92 Å². The normalized spacial score (nSPS) is 11.2. The number of alkyl halides is 2. The molecule has 0 aliphatic rings. The van der Waals surface area contributed by atoms with E-state index in [2.05, 4.69) is 15.3 Å². The van der Waals surface area contributed by atoms with Crippen molar-refractivity contribution in [3.05, 3.63) is 11.4 Å². The highest BCUT2D eigenvalue weighted by Crippen LogP contribution is 2.29. The van der Waals surface area contributed by atoms with Gasteiger partial charge in [0, 0.05) is 13.1 Å².